The zero-order valence-electron chi connectivity index (χ0n) is 15.5. The molecule has 4 rings (SSSR count). The number of hydrogen-bond donors (Lipinski definition) is 1. The highest BCUT2D eigenvalue weighted by Gasteiger charge is 2.32. The topological polar surface area (TPSA) is 33.6 Å². The summed E-state index contributed by atoms with van der Waals surface area (Å²) < 4.78 is 6.58. The van der Waals surface area contributed by atoms with E-state index in [1.54, 1.807) is 7.11 Å². The Labute approximate surface area is 174 Å². The molecule has 2 atom stereocenters. The van der Waals surface area contributed by atoms with Crippen molar-refractivity contribution < 1.29 is 4.74 Å². The van der Waals surface area contributed by atoms with Crippen molar-refractivity contribution in [2.45, 2.75) is 50.6 Å². The van der Waals surface area contributed by atoms with Crippen LogP contribution in [-0.4, -0.2) is 25.0 Å². The first-order chi connectivity index (χ1) is 13.2. The van der Waals surface area contributed by atoms with Crippen LogP contribution in [0.2, 0.25) is 5.02 Å². The van der Waals surface area contributed by atoms with Crippen molar-refractivity contribution in [3.8, 4) is 5.75 Å². The summed E-state index contributed by atoms with van der Waals surface area (Å²) in [6.07, 6.45) is 6.68. The number of rotatable bonds is 5. The number of nitrogens with one attached hydrogen (secondary N) is 1. The van der Waals surface area contributed by atoms with Gasteiger partial charge < -0.3 is 10.1 Å². The number of ether oxygens (including phenoxy) is 1. The molecule has 3 nitrogen and oxygen atoms in total. The summed E-state index contributed by atoms with van der Waals surface area (Å²) >= 11 is 10.2. The van der Waals surface area contributed by atoms with Crippen LogP contribution in [0.1, 0.15) is 42.4 Å². The van der Waals surface area contributed by atoms with E-state index < -0.39 is 0 Å². The van der Waals surface area contributed by atoms with Crippen molar-refractivity contribution in [3.63, 3.8) is 0 Å². The minimum atomic E-state index is 0.422. The van der Waals surface area contributed by atoms with E-state index in [0.717, 1.165) is 45.0 Å². The minimum Gasteiger partial charge on any atom is -0.496 e. The zero-order valence-corrected chi connectivity index (χ0v) is 17.8. The summed E-state index contributed by atoms with van der Waals surface area (Å²) in [6, 6.07) is 13.2. The Hall–Kier alpha value is -1.52. The minimum absolute atomic E-state index is 0.422. The van der Waals surface area contributed by atoms with Crippen LogP contribution in [0, 0.1) is 0 Å². The van der Waals surface area contributed by atoms with Crippen molar-refractivity contribution in [1.29, 1.82) is 0 Å². The fraction of sp³-hybridized carbons (Fsp3) is 0.409. The van der Waals surface area contributed by atoms with Crippen LogP contribution in [-0.2, 0) is 12.8 Å². The van der Waals surface area contributed by atoms with Crippen molar-refractivity contribution in [2.75, 3.05) is 7.11 Å². The maximum absolute atomic E-state index is 6.61. The van der Waals surface area contributed by atoms with Gasteiger partial charge in [0.1, 0.15) is 11.6 Å². The molecule has 2 unspecified atom stereocenters. The van der Waals surface area contributed by atoms with Crippen LogP contribution in [0.3, 0.4) is 0 Å². The zero-order chi connectivity index (χ0) is 18.8. The number of aliphatic imine (C=N–C) groups is 1. The molecular formula is C22H24BrClN2O. The number of hydrogen-bond acceptors (Lipinski definition) is 3. The van der Waals surface area contributed by atoms with Gasteiger partial charge in [-0.25, -0.2) is 0 Å². The van der Waals surface area contributed by atoms with Gasteiger partial charge in [0.2, 0.25) is 0 Å². The molecule has 5 heteroatoms. The van der Waals surface area contributed by atoms with Crippen molar-refractivity contribution >= 4 is 33.4 Å². The molecule has 0 spiro atoms. The molecule has 1 aliphatic heterocycles. The summed E-state index contributed by atoms with van der Waals surface area (Å²) in [5.74, 6) is 1.93. The lowest BCUT2D eigenvalue weighted by Crippen LogP contribution is -2.37. The third-order valence-electron chi connectivity index (χ3n) is 5.61. The van der Waals surface area contributed by atoms with Crippen LogP contribution in [0.15, 0.2) is 45.9 Å². The van der Waals surface area contributed by atoms with E-state index in [1.165, 1.54) is 31.2 Å². The number of fused-ring (bicyclic) bond motifs is 1. The molecule has 1 heterocycles. The second-order valence-corrected chi connectivity index (χ2v) is 8.63. The average molecular weight is 448 g/mol. The number of aryl methyl sites for hydroxylation is 1. The van der Waals surface area contributed by atoms with E-state index in [1.807, 2.05) is 24.3 Å². The first-order valence-corrected chi connectivity index (χ1v) is 10.8. The number of halogens is 2. The molecule has 2 aromatic carbocycles. The Bertz CT molecular complexity index is 867. The molecule has 0 bridgehead atoms. The molecular weight excluding hydrogens is 424 g/mol. The highest BCUT2D eigenvalue weighted by molar-refractivity contribution is 9.10. The van der Waals surface area contributed by atoms with Gasteiger partial charge in [-0.15, -0.1) is 0 Å². The average Bonchev–Trinajstić information content (AvgIpc) is 3.11. The highest BCUT2D eigenvalue weighted by atomic mass is 79.9. The van der Waals surface area contributed by atoms with Gasteiger partial charge in [-0.3, -0.25) is 4.99 Å². The molecule has 0 saturated heterocycles. The van der Waals surface area contributed by atoms with E-state index >= 15 is 0 Å². The number of amidine groups is 1. The van der Waals surface area contributed by atoms with E-state index in [4.69, 9.17) is 21.3 Å². The Morgan fingerprint density at radius 1 is 1.19 bits per heavy atom. The third kappa shape index (κ3) is 4.02. The van der Waals surface area contributed by atoms with Crippen LogP contribution in [0.4, 0.5) is 0 Å². The molecule has 2 aliphatic rings. The van der Waals surface area contributed by atoms with Gasteiger partial charge in [0.15, 0.2) is 0 Å². The largest absolute Gasteiger partial charge is 0.496 e. The normalized spacial score (nSPS) is 21.4. The Kier molecular flexibility index (Phi) is 5.74. The fourth-order valence-corrected chi connectivity index (χ4v) is 4.87. The predicted molar refractivity (Wildman–Crippen MR) is 115 cm³/mol. The molecule has 0 aromatic heterocycles. The molecule has 142 valence electrons. The molecule has 2 aromatic rings. The Morgan fingerprint density at radius 3 is 2.85 bits per heavy atom. The van der Waals surface area contributed by atoms with Crippen molar-refractivity contribution in [1.82, 2.24) is 5.32 Å². The van der Waals surface area contributed by atoms with E-state index in [9.17, 15) is 0 Å². The molecule has 1 aliphatic carbocycles. The lowest BCUT2D eigenvalue weighted by molar-refractivity contribution is 0.385. The quantitative estimate of drug-likeness (QED) is 0.651. The smallest absolute Gasteiger partial charge is 0.129 e. The molecule has 1 N–H and O–H groups in total. The summed E-state index contributed by atoms with van der Waals surface area (Å²) in [7, 11) is 1.71. The SMILES string of the molecule is COc1ccc(Br)cc1CCc1c(Cl)cccc1C1=NC2CCCCC2N1. The summed E-state index contributed by atoms with van der Waals surface area (Å²) in [6.45, 7) is 0. The molecule has 0 radical (unpaired) electrons. The second kappa shape index (κ2) is 8.24. The number of benzene rings is 2. The van der Waals surface area contributed by atoms with Gasteiger partial charge in [0.25, 0.3) is 0 Å². The summed E-state index contributed by atoms with van der Waals surface area (Å²) in [5, 5.41) is 4.47. The van der Waals surface area contributed by atoms with E-state index in [0.29, 0.717) is 12.1 Å². The van der Waals surface area contributed by atoms with Crippen LogP contribution in [0.5, 0.6) is 5.75 Å². The summed E-state index contributed by atoms with van der Waals surface area (Å²) in [4.78, 5) is 5.00. The maximum Gasteiger partial charge on any atom is 0.129 e. The lowest BCUT2D eigenvalue weighted by atomic mass is 9.92. The number of methoxy groups -OCH3 is 1. The molecule has 27 heavy (non-hydrogen) atoms. The fourth-order valence-electron chi connectivity index (χ4n) is 4.20. The van der Waals surface area contributed by atoms with Gasteiger partial charge in [-0.05, 0) is 61.1 Å². The number of nitrogens with zero attached hydrogens (tertiary/aromatic N) is 1. The standard InChI is InChI=1S/C22H24BrClN2O/c1-27-21-12-10-15(23)13-14(21)9-11-16-17(5-4-6-18(16)24)22-25-19-7-2-3-8-20(19)26-22/h4-6,10,12-13,19-20H,2-3,7-9,11H2,1H3,(H,25,26). The highest BCUT2D eigenvalue weighted by Crippen LogP contribution is 2.30. The lowest BCUT2D eigenvalue weighted by Gasteiger charge is -2.23. The van der Waals surface area contributed by atoms with Gasteiger partial charge in [0, 0.05) is 21.1 Å². The van der Waals surface area contributed by atoms with Gasteiger partial charge >= 0.3 is 0 Å². The van der Waals surface area contributed by atoms with Crippen LogP contribution in [0.25, 0.3) is 0 Å². The van der Waals surface area contributed by atoms with Gasteiger partial charge in [-0.2, -0.15) is 0 Å². The molecule has 0 amide bonds. The van der Waals surface area contributed by atoms with Crippen molar-refractivity contribution in [2.24, 2.45) is 4.99 Å². The molecule has 1 saturated carbocycles. The van der Waals surface area contributed by atoms with E-state index in [2.05, 4.69) is 33.4 Å². The van der Waals surface area contributed by atoms with Crippen LogP contribution < -0.4 is 10.1 Å². The Morgan fingerprint density at radius 2 is 2.04 bits per heavy atom. The van der Waals surface area contributed by atoms with Crippen molar-refractivity contribution in [3.05, 3.63) is 62.6 Å². The van der Waals surface area contributed by atoms with Gasteiger partial charge in [0.05, 0.1) is 13.2 Å². The predicted octanol–water partition coefficient (Wildman–Crippen LogP) is 5.56. The molecule has 1 fully saturated rings. The first kappa shape index (κ1) is 18.8. The summed E-state index contributed by atoms with van der Waals surface area (Å²) in [5.41, 5.74) is 3.48. The first-order valence-electron chi connectivity index (χ1n) is 9.60. The van der Waals surface area contributed by atoms with Crippen LogP contribution >= 0.6 is 27.5 Å². The van der Waals surface area contributed by atoms with Gasteiger partial charge in [-0.1, -0.05) is 52.5 Å². The third-order valence-corrected chi connectivity index (χ3v) is 6.45. The Balaban J connectivity index is 1.60. The monoisotopic (exact) mass is 446 g/mol. The van der Waals surface area contributed by atoms with E-state index in [-0.39, 0.29) is 0 Å². The maximum atomic E-state index is 6.61. The second-order valence-electron chi connectivity index (χ2n) is 7.30.